The predicted molar refractivity (Wildman–Crippen MR) is 278 cm³/mol. The van der Waals surface area contributed by atoms with Crippen LogP contribution in [0.4, 0.5) is 13.6 Å². The van der Waals surface area contributed by atoms with Crippen molar-refractivity contribution in [1.29, 1.82) is 0 Å². The van der Waals surface area contributed by atoms with Crippen LogP contribution in [0.1, 0.15) is 186 Å². The summed E-state index contributed by atoms with van der Waals surface area (Å²) in [4.78, 5) is 61.6. The first-order chi connectivity index (χ1) is 32.4. The Kier molecular flexibility index (Phi) is 32.0. The van der Waals surface area contributed by atoms with Gasteiger partial charge < -0.3 is 40.0 Å². The number of nitrogens with zero attached hydrogens (tertiary/aromatic N) is 3. The van der Waals surface area contributed by atoms with Crippen molar-refractivity contribution in [3.05, 3.63) is 70.8 Å². The number of ether oxygens (including phenoxy) is 2. The monoisotopic (exact) mass is 990 g/mol. The summed E-state index contributed by atoms with van der Waals surface area (Å²) < 4.78 is 37.8. The van der Waals surface area contributed by atoms with E-state index in [1.807, 2.05) is 18.2 Å². The molecule has 4 aliphatic rings. The molecule has 2 aromatic carbocycles. The van der Waals surface area contributed by atoms with Gasteiger partial charge in [0.15, 0.2) is 0 Å². The molecule has 0 bridgehead atoms. The van der Waals surface area contributed by atoms with E-state index >= 15 is 0 Å². The molecule has 1 saturated carbocycles. The molecule has 1 aliphatic carbocycles. The first kappa shape index (κ1) is 62.9. The largest absolute Gasteiger partial charge is 0.444 e. The molecule has 0 radical (unpaired) electrons. The Morgan fingerprint density at radius 2 is 1.49 bits per heavy atom. The number of carbonyl (C=O) groups is 5. The van der Waals surface area contributed by atoms with E-state index in [4.69, 9.17) is 15.2 Å². The Morgan fingerprint density at radius 3 is 2.03 bits per heavy atom. The van der Waals surface area contributed by atoms with Crippen LogP contribution >= 0.6 is 13.5 Å². The number of amides is 4. The summed E-state index contributed by atoms with van der Waals surface area (Å²) >= 11 is 0. The first-order valence-corrected chi connectivity index (χ1v) is 25.6. The topological polar surface area (TPSA) is 152 Å². The Morgan fingerprint density at radius 1 is 0.855 bits per heavy atom. The average Bonchev–Trinajstić information content (AvgIpc) is 3.32. The molecule has 3 saturated heterocycles. The van der Waals surface area contributed by atoms with Gasteiger partial charge in [-0.3, -0.25) is 14.4 Å². The number of rotatable bonds is 13. The summed E-state index contributed by atoms with van der Waals surface area (Å²) in [5, 5.41) is 3.38. The summed E-state index contributed by atoms with van der Waals surface area (Å²) in [6, 6.07) is 10.7. The summed E-state index contributed by atoms with van der Waals surface area (Å²) in [6.45, 7) is 21.0. The fraction of sp³-hybridized carbons (Fsp3) is 0.685. The van der Waals surface area contributed by atoms with Crippen LogP contribution in [0.25, 0.3) is 0 Å². The number of likely N-dealkylation sites (tertiary alicyclic amines) is 2. The van der Waals surface area contributed by atoms with Gasteiger partial charge in [0.25, 0.3) is 0 Å². The number of primary amides is 1. The van der Waals surface area contributed by atoms with E-state index < -0.39 is 29.2 Å². The number of Topliss-reactive ketones (excluding diaryl/α,β-unsaturated/α-hetero) is 1. The molecule has 3 N–H and O–H groups in total. The van der Waals surface area contributed by atoms with Crippen molar-refractivity contribution in [2.24, 2.45) is 11.7 Å². The third-order valence-electron chi connectivity index (χ3n) is 12.2. The van der Waals surface area contributed by atoms with Crippen LogP contribution in [0.2, 0.25) is 0 Å². The molecule has 0 spiro atoms. The second-order valence-electron chi connectivity index (χ2n) is 19.5. The lowest BCUT2D eigenvalue weighted by Crippen LogP contribution is -2.43. The lowest BCUT2D eigenvalue weighted by molar-refractivity contribution is -0.136. The number of ketones is 1. The number of hydrogen-bond donors (Lipinski definition) is 2. The van der Waals surface area contributed by atoms with Crippen LogP contribution in [0.3, 0.4) is 0 Å². The van der Waals surface area contributed by atoms with Crippen molar-refractivity contribution in [2.75, 3.05) is 45.8 Å². The van der Waals surface area contributed by atoms with Crippen LogP contribution in [-0.2, 0) is 30.4 Å². The SMILES string of the molecule is CCC.CCCCC(C)=O.CCN(Cc1ccc(F)cc1F)C(=O)OC(C)(C)C.NC(=O)c1cccc(C2CCCN(C=O)C2)c1.O=C(CC1CCCCC1)N1CCC(OC2CCNCC2)CC1.S. The van der Waals surface area contributed by atoms with E-state index in [0.29, 0.717) is 47.8 Å². The number of nitrogens with two attached hydrogens (primary N) is 1. The third-order valence-corrected chi connectivity index (χ3v) is 12.2. The zero-order valence-electron chi connectivity index (χ0n) is 43.4. The van der Waals surface area contributed by atoms with E-state index in [1.54, 1.807) is 45.6 Å². The predicted octanol–water partition coefficient (Wildman–Crippen LogP) is 10.9. The van der Waals surface area contributed by atoms with Crippen molar-refractivity contribution < 1.29 is 42.2 Å². The van der Waals surface area contributed by atoms with Crippen molar-refractivity contribution in [2.45, 2.75) is 188 Å². The van der Waals surface area contributed by atoms with Gasteiger partial charge >= 0.3 is 6.09 Å². The van der Waals surface area contributed by atoms with Crippen molar-refractivity contribution in [1.82, 2.24) is 20.0 Å². The van der Waals surface area contributed by atoms with Crippen LogP contribution < -0.4 is 11.1 Å². The van der Waals surface area contributed by atoms with Crippen LogP contribution in [0.5, 0.6) is 0 Å². The minimum atomic E-state index is -0.665. The second-order valence-corrected chi connectivity index (χ2v) is 19.5. The average molecular weight is 990 g/mol. The lowest BCUT2D eigenvalue weighted by atomic mass is 9.86. The van der Waals surface area contributed by atoms with Crippen molar-refractivity contribution in [3.63, 3.8) is 0 Å². The Balaban J connectivity index is 0.000000471. The van der Waals surface area contributed by atoms with Crippen molar-refractivity contribution >= 4 is 43.6 Å². The summed E-state index contributed by atoms with van der Waals surface area (Å²) in [7, 11) is 0. The van der Waals surface area contributed by atoms with E-state index in [1.165, 1.54) is 55.6 Å². The zero-order valence-corrected chi connectivity index (χ0v) is 44.4. The summed E-state index contributed by atoms with van der Waals surface area (Å²) in [5.41, 5.74) is 6.54. The molecule has 6 rings (SSSR count). The van der Waals surface area contributed by atoms with Crippen molar-refractivity contribution in [3.8, 4) is 0 Å². The Labute approximate surface area is 421 Å². The number of carbonyl (C=O) groups excluding carboxylic acids is 5. The number of hydrogen-bond acceptors (Lipinski definition) is 8. The van der Waals surface area contributed by atoms with Gasteiger partial charge in [-0.25, -0.2) is 13.6 Å². The van der Waals surface area contributed by atoms with E-state index in [9.17, 15) is 32.8 Å². The molecular weight excluding hydrogens is 901 g/mol. The van der Waals surface area contributed by atoms with Crippen LogP contribution in [0, 0.1) is 17.6 Å². The third kappa shape index (κ3) is 26.6. The Bertz CT molecular complexity index is 1780. The molecule has 12 nitrogen and oxygen atoms in total. The van der Waals surface area contributed by atoms with E-state index in [-0.39, 0.29) is 25.6 Å². The number of nitrogens with one attached hydrogen (secondary N) is 1. The zero-order chi connectivity index (χ0) is 50.5. The normalized spacial score (nSPS) is 17.6. The minimum absolute atomic E-state index is 0. The summed E-state index contributed by atoms with van der Waals surface area (Å²) in [5.74, 6) is -0.0363. The quantitative estimate of drug-likeness (QED) is 0.188. The highest BCUT2D eigenvalue weighted by Crippen LogP contribution is 2.29. The molecule has 1 atom stereocenters. The fourth-order valence-electron chi connectivity index (χ4n) is 8.45. The highest BCUT2D eigenvalue weighted by molar-refractivity contribution is 7.59. The fourth-order valence-corrected chi connectivity index (χ4v) is 8.45. The van der Waals surface area contributed by atoms with Gasteiger partial charge in [0.2, 0.25) is 18.2 Å². The number of benzene rings is 2. The first-order valence-electron chi connectivity index (χ1n) is 25.6. The molecule has 15 heteroatoms. The molecule has 392 valence electrons. The number of halogens is 2. The smallest absolute Gasteiger partial charge is 0.410 e. The molecule has 3 heterocycles. The maximum absolute atomic E-state index is 13.5. The lowest BCUT2D eigenvalue weighted by Gasteiger charge is -2.35. The molecule has 4 amide bonds. The number of unbranched alkanes of at least 4 members (excludes halogenated alkanes) is 1. The minimum Gasteiger partial charge on any atom is -0.444 e. The van der Waals surface area contributed by atoms with Gasteiger partial charge in [0.05, 0.1) is 18.8 Å². The molecule has 2 aromatic rings. The van der Waals surface area contributed by atoms with Gasteiger partial charge in [-0.05, 0) is 135 Å². The van der Waals surface area contributed by atoms with Gasteiger partial charge in [0.1, 0.15) is 23.0 Å². The van der Waals surface area contributed by atoms with Crippen LogP contribution in [0.15, 0.2) is 42.5 Å². The highest BCUT2D eigenvalue weighted by Gasteiger charge is 2.28. The summed E-state index contributed by atoms with van der Waals surface area (Å²) in [6.07, 6.45) is 19.1. The molecule has 1 unspecified atom stereocenters. The van der Waals surface area contributed by atoms with E-state index in [0.717, 1.165) is 122 Å². The second kappa shape index (κ2) is 35.1. The maximum Gasteiger partial charge on any atom is 0.410 e. The molecular formula is C54H89F2N5O7S. The highest BCUT2D eigenvalue weighted by atomic mass is 32.1. The molecule has 0 aromatic heterocycles. The molecule has 4 fully saturated rings. The van der Waals surface area contributed by atoms with Gasteiger partial charge in [-0.1, -0.05) is 71.1 Å². The number of piperidine rings is 3. The maximum atomic E-state index is 13.5. The standard InChI is InChI=1S/C18H32N2O2.C14H19F2NO2.C13H16N2O2.C6H12O.C3H8.H2S/c21-18(14-15-4-2-1-3-5-15)20-12-8-17(9-13-20)22-16-6-10-19-11-7-16;1-5-17(13(18)19-14(2,3)4)9-10-6-7-11(15)8-12(10)16;14-13(17)11-4-1-3-10(7-11)12-5-2-6-15(8-12)9-16;1-3-4-5-6(2)7;1-3-2;/h15-17,19H,1-14H2;6-8H,5,9H2,1-4H3;1,3-4,7,9,12H,2,5-6,8H2,(H2,14,17);3-5H2,1-2H3;3H2,1-2H3;1H2. The van der Waals surface area contributed by atoms with Gasteiger partial charge in [-0.15, -0.1) is 0 Å². The molecule has 69 heavy (non-hydrogen) atoms. The van der Waals surface area contributed by atoms with Crippen LogP contribution in [-0.4, -0.2) is 108 Å². The van der Waals surface area contributed by atoms with E-state index in [2.05, 4.69) is 31.0 Å². The van der Waals surface area contributed by atoms with Gasteiger partial charge in [0, 0.05) is 68.7 Å². The van der Waals surface area contributed by atoms with Gasteiger partial charge in [-0.2, -0.15) is 13.5 Å². The molecule has 3 aliphatic heterocycles. The Hall–Kier alpha value is -4.08.